The molecule has 2 atom stereocenters. The zero-order valence-corrected chi connectivity index (χ0v) is 14.2. The Balaban J connectivity index is 1.54. The Hall–Kier alpha value is -2.69. The normalized spacial score (nSPS) is 22.0. The van der Waals surface area contributed by atoms with E-state index in [2.05, 4.69) is 10.3 Å². The van der Waals surface area contributed by atoms with Gasteiger partial charge in [-0.2, -0.15) is 0 Å². The predicted octanol–water partition coefficient (Wildman–Crippen LogP) is 3.18. The van der Waals surface area contributed by atoms with Gasteiger partial charge in [0.2, 0.25) is 11.8 Å². The second-order valence-electron chi connectivity index (χ2n) is 6.84. The molecule has 3 heterocycles. The lowest BCUT2D eigenvalue weighted by molar-refractivity contribution is -0.134. The Bertz CT molecular complexity index is 819. The van der Waals surface area contributed by atoms with E-state index in [0.717, 1.165) is 41.9 Å². The third-order valence-corrected chi connectivity index (χ3v) is 5.14. The largest absolute Gasteiger partial charge is 0.334 e. The van der Waals surface area contributed by atoms with E-state index in [0.29, 0.717) is 0 Å². The van der Waals surface area contributed by atoms with Crippen LogP contribution in [0, 0.1) is 6.92 Å². The zero-order chi connectivity index (χ0) is 17.4. The van der Waals surface area contributed by atoms with Crippen molar-refractivity contribution in [2.45, 2.75) is 38.1 Å². The van der Waals surface area contributed by atoms with Crippen LogP contribution in [0.4, 0.5) is 5.69 Å². The summed E-state index contributed by atoms with van der Waals surface area (Å²) >= 11 is 0. The quantitative estimate of drug-likeness (QED) is 0.937. The number of carbonyl (C=O) groups is 2. The second kappa shape index (κ2) is 6.31. The summed E-state index contributed by atoms with van der Waals surface area (Å²) in [6, 6.07) is 11.7. The van der Waals surface area contributed by atoms with Crippen LogP contribution in [0.15, 0.2) is 42.6 Å². The van der Waals surface area contributed by atoms with Crippen LogP contribution < -0.4 is 5.32 Å². The highest BCUT2D eigenvalue weighted by Gasteiger charge is 2.37. The van der Waals surface area contributed by atoms with Crippen molar-refractivity contribution >= 4 is 17.5 Å². The number of anilines is 1. The first kappa shape index (κ1) is 15.8. The van der Waals surface area contributed by atoms with Gasteiger partial charge < -0.3 is 10.2 Å². The summed E-state index contributed by atoms with van der Waals surface area (Å²) in [4.78, 5) is 31.6. The summed E-state index contributed by atoms with van der Waals surface area (Å²) in [6.45, 7) is 2.73. The Morgan fingerprint density at radius 1 is 1.32 bits per heavy atom. The number of nitrogens with zero attached hydrogens (tertiary/aromatic N) is 2. The topological polar surface area (TPSA) is 62.3 Å². The van der Waals surface area contributed by atoms with Crippen molar-refractivity contribution < 1.29 is 9.59 Å². The fourth-order valence-electron chi connectivity index (χ4n) is 3.89. The van der Waals surface area contributed by atoms with Crippen LogP contribution in [0.1, 0.15) is 48.0 Å². The molecule has 4 rings (SSSR count). The Labute approximate surface area is 147 Å². The van der Waals surface area contributed by atoms with Gasteiger partial charge in [0.25, 0.3) is 0 Å². The molecule has 2 aromatic rings. The van der Waals surface area contributed by atoms with E-state index < -0.39 is 5.92 Å². The number of aryl methyl sites for hydroxylation is 1. The van der Waals surface area contributed by atoms with E-state index in [1.807, 2.05) is 48.2 Å². The molecular formula is C20H21N3O2. The van der Waals surface area contributed by atoms with Crippen LogP contribution in [0.5, 0.6) is 0 Å². The molecule has 128 valence electrons. The third kappa shape index (κ3) is 2.90. The van der Waals surface area contributed by atoms with Crippen molar-refractivity contribution in [3.63, 3.8) is 0 Å². The molecule has 1 aromatic heterocycles. The minimum atomic E-state index is -0.396. The number of carbonyl (C=O) groups excluding carboxylic acids is 2. The van der Waals surface area contributed by atoms with Crippen molar-refractivity contribution in [1.29, 1.82) is 0 Å². The maximum Gasteiger partial charge on any atom is 0.232 e. The molecule has 25 heavy (non-hydrogen) atoms. The molecule has 5 heteroatoms. The molecular weight excluding hydrogens is 314 g/mol. The predicted molar refractivity (Wildman–Crippen MR) is 95.1 cm³/mol. The fraction of sp³-hybridized carbons (Fsp3) is 0.350. The van der Waals surface area contributed by atoms with E-state index >= 15 is 0 Å². The van der Waals surface area contributed by atoms with Gasteiger partial charge in [-0.3, -0.25) is 14.6 Å². The summed E-state index contributed by atoms with van der Waals surface area (Å²) in [5.74, 6) is -0.447. The Kier molecular flexibility index (Phi) is 3.99. The van der Waals surface area contributed by atoms with E-state index in [9.17, 15) is 9.59 Å². The number of nitrogens with one attached hydrogen (secondary N) is 1. The molecule has 5 nitrogen and oxygen atoms in total. The van der Waals surface area contributed by atoms with Crippen molar-refractivity contribution in [3.8, 4) is 0 Å². The molecule has 2 amide bonds. The molecule has 0 aliphatic carbocycles. The molecule has 0 saturated carbocycles. The van der Waals surface area contributed by atoms with Crippen LogP contribution in [-0.2, 0) is 9.59 Å². The highest BCUT2D eigenvalue weighted by molar-refractivity contribution is 6.05. The van der Waals surface area contributed by atoms with E-state index in [-0.39, 0.29) is 24.3 Å². The lowest BCUT2D eigenvalue weighted by atomic mass is 9.95. The van der Waals surface area contributed by atoms with Gasteiger partial charge in [0.05, 0.1) is 17.7 Å². The molecule has 1 saturated heterocycles. The number of rotatable bonds is 3. The first-order chi connectivity index (χ1) is 12.1. The van der Waals surface area contributed by atoms with E-state index in [4.69, 9.17) is 0 Å². The summed E-state index contributed by atoms with van der Waals surface area (Å²) in [5.41, 5.74) is 3.80. The van der Waals surface area contributed by atoms with E-state index in [1.165, 1.54) is 0 Å². The minimum Gasteiger partial charge on any atom is -0.334 e. The molecule has 0 unspecified atom stereocenters. The Morgan fingerprint density at radius 3 is 3.00 bits per heavy atom. The molecule has 0 spiro atoms. The number of aromatic nitrogens is 1. The molecule has 1 aromatic carbocycles. The number of hydrogen-bond donors (Lipinski definition) is 1. The van der Waals surface area contributed by atoms with Crippen LogP contribution in [0.2, 0.25) is 0 Å². The highest BCUT2D eigenvalue weighted by Crippen LogP contribution is 2.38. The highest BCUT2D eigenvalue weighted by atomic mass is 16.2. The van der Waals surface area contributed by atoms with Gasteiger partial charge in [0.1, 0.15) is 0 Å². The average molecular weight is 335 g/mol. The van der Waals surface area contributed by atoms with Gasteiger partial charge in [-0.15, -0.1) is 0 Å². The van der Waals surface area contributed by atoms with Gasteiger partial charge in [-0.1, -0.05) is 23.8 Å². The maximum absolute atomic E-state index is 12.9. The van der Waals surface area contributed by atoms with Crippen LogP contribution in [-0.4, -0.2) is 28.2 Å². The van der Waals surface area contributed by atoms with Gasteiger partial charge in [0.15, 0.2) is 0 Å². The second-order valence-corrected chi connectivity index (χ2v) is 6.84. The number of hydrogen-bond acceptors (Lipinski definition) is 3. The fourth-order valence-corrected chi connectivity index (χ4v) is 3.89. The monoisotopic (exact) mass is 335 g/mol. The number of likely N-dealkylation sites (tertiary alicyclic amines) is 1. The van der Waals surface area contributed by atoms with Crippen molar-refractivity contribution in [1.82, 2.24) is 9.88 Å². The molecule has 2 aliphatic rings. The van der Waals surface area contributed by atoms with Gasteiger partial charge >= 0.3 is 0 Å². The van der Waals surface area contributed by atoms with Gasteiger partial charge in [0, 0.05) is 24.8 Å². The third-order valence-electron chi connectivity index (χ3n) is 5.14. The first-order valence-corrected chi connectivity index (χ1v) is 8.75. The lowest BCUT2D eigenvalue weighted by Crippen LogP contribution is -2.33. The molecule has 1 fully saturated rings. The standard InChI is InChI=1S/C20H21N3O2/c1-13-7-8-16-14(11-13)15(20(25)22-16)12-19(24)23-10-4-6-18(23)17-5-2-3-9-21-17/h2-3,5,7-9,11,15,18H,4,6,10,12H2,1H3,(H,22,25)/t15-,18-/m0/s1. The number of amides is 2. The number of benzene rings is 1. The summed E-state index contributed by atoms with van der Waals surface area (Å²) in [5, 5.41) is 2.89. The SMILES string of the molecule is Cc1ccc2c(c1)[C@H](CC(=O)N1CCC[C@H]1c1ccccn1)C(=O)N2. The summed E-state index contributed by atoms with van der Waals surface area (Å²) in [7, 11) is 0. The molecule has 0 bridgehead atoms. The van der Waals surface area contributed by atoms with Crippen LogP contribution in [0.25, 0.3) is 0 Å². The van der Waals surface area contributed by atoms with Gasteiger partial charge in [-0.05, 0) is 43.5 Å². The molecule has 0 radical (unpaired) electrons. The van der Waals surface area contributed by atoms with Crippen LogP contribution >= 0.6 is 0 Å². The smallest absolute Gasteiger partial charge is 0.232 e. The minimum absolute atomic E-state index is 0.0233. The van der Waals surface area contributed by atoms with Crippen molar-refractivity contribution in [2.24, 2.45) is 0 Å². The lowest BCUT2D eigenvalue weighted by Gasteiger charge is -2.25. The molecule has 1 N–H and O–H groups in total. The van der Waals surface area contributed by atoms with Crippen LogP contribution in [0.3, 0.4) is 0 Å². The maximum atomic E-state index is 12.9. The zero-order valence-electron chi connectivity index (χ0n) is 14.2. The van der Waals surface area contributed by atoms with E-state index in [1.54, 1.807) is 6.20 Å². The first-order valence-electron chi connectivity index (χ1n) is 8.75. The number of pyridine rings is 1. The Morgan fingerprint density at radius 2 is 2.20 bits per heavy atom. The summed E-state index contributed by atoms with van der Waals surface area (Å²) < 4.78 is 0. The number of fused-ring (bicyclic) bond motifs is 1. The van der Waals surface area contributed by atoms with Crippen molar-refractivity contribution in [3.05, 3.63) is 59.4 Å². The average Bonchev–Trinajstić information content (AvgIpc) is 3.21. The molecule has 2 aliphatic heterocycles. The van der Waals surface area contributed by atoms with Crippen molar-refractivity contribution in [2.75, 3.05) is 11.9 Å². The summed E-state index contributed by atoms with van der Waals surface area (Å²) in [6.07, 6.45) is 3.88. The van der Waals surface area contributed by atoms with Gasteiger partial charge in [-0.25, -0.2) is 0 Å².